The van der Waals surface area contributed by atoms with Crippen LogP contribution in [-0.2, 0) is 13.0 Å². The van der Waals surface area contributed by atoms with Crippen LogP contribution in [-0.4, -0.2) is 37.2 Å². The van der Waals surface area contributed by atoms with E-state index in [-0.39, 0.29) is 11.7 Å². The number of rotatable bonds is 2. The summed E-state index contributed by atoms with van der Waals surface area (Å²) in [5.41, 5.74) is 9.81. The minimum Gasteiger partial charge on any atom is -0.300 e. The molecule has 0 radical (unpaired) electrons. The molecule has 1 atom stereocenters. The van der Waals surface area contributed by atoms with Crippen molar-refractivity contribution in [3.05, 3.63) is 80.0 Å². The van der Waals surface area contributed by atoms with Crippen molar-refractivity contribution in [2.75, 3.05) is 12.0 Å². The second-order valence-corrected chi connectivity index (χ2v) is 8.62. The number of halogens is 1. The number of nitrogens with one attached hydrogen (secondary N) is 1. The van der Waals surface area contributed by atoms with Crippen LogP contribution < -0.4 is 11.0 Å². The number of aryl methyl sites for hydroxylation is 1. The molecule has 0 bridgehead atoms. The summed E-state index contributed by atoms with van der Waals surface area (Å²) in [4.78, 5) is 28.3. The Labute approximate surface area is 182 Å². The van der Waals surface area contributed by atoms with Crippen molar-refractivity contribution in [1.82, 2.24) is 24.5 Å². The van der Waals surface area contributed by atoms with Gasteiger partial charge in [0.1, 0.15) is 10.6 Å². The van der Waals surface area contributed by atoms with Crippen LogP contribution >= 0.6 is 15.9 Å². The van der Waals surface area contributed by atoms with E-state index in [1.165, 1.54) is 10.2 Å². The predicted octanol–water partition coefficient (Wildman–Crippen LogP) is 3.12. The fourth-order valence-corrected chi connectivity index (χ4v) is 4.29. The first-order valence-corrected chi connectivity index (χ1v) is 10.7. The molecule has 8 heteroatoms. The lowest BCUT2D eigenvalue weighted by Gasteiger charge is -2.38. The summed E-state index contributed by atoms with van der Waals surface area (Å²) in [6.45, 7) is 5.67. The third-order valence-electron chi connectivity index (χ3n) is 5.67. The summed E-state index contributed by atoms with van der Waals surface area (Å²) >= 11 is 3.28. The molecule has 5 rings (SSSR count). The maximum Gasteiger partial charge on any atom is 0.286 e. The van der Waals surface area contributed by atoms with Crippen LogP contribution in [0.5, 0.6) is 0 Å². The second-order valence-electron chi connectivity index (χ2n) is 7.76. The molecule has 1 N–H and O–H groups in total. The van der Waals surface area contributed by atoms with Gasteiger partial charge in [-0.1, -0.05) is 6.07 Å². The number of nitrogens with zero attached hydrogens (tertiary/aromatic N) is 5. The van der Waals surface area contributed by atoms with Crippen LogP contribution in [0.4, 0.5) is 0 Å². The maximum absolute atomic E-state index is 12.5. The zero-order chi connectivity index (χ0) is 20.8. The lowest BCUT2D eigenvalue weighted by molar-refractivity contribution is 0.205. The van der Waals surface area contributed by atoms with Gasteiger partial charge in [0.2, 0.25) is 0 Å². The van der Waals surface area contributed by atoms with Crippen molar-refractivity contribution in [2.24, 2.45) is 0 Å². The summed E-state index contributed by atoms with van der Waals surface area (Å²) in [6.07, 6.45) is 8.13. The number of pyridine rings is 2. The summed E-state index contributed by atoms with van der Waals surface area (Å²) in [7, 11) is 0. The van der Waals surface area contributed by atoms with Crippen LogP contribution in [0.2, 0.25) is 0 Å². The van der Waals surface area contributed by atoms with Gasteiger partial charge in [-0.15, -0.1) is 0 Å². The van der Waals surface area contributed by atoms with E-state index in [2.05, 4.69) is 55.3 Å². The van der Waals surface area contributed by atoms with Crippen molar-refractivity contribution in [3.63, 3.8) is 0 Å². The Morgan fingerprint density at radius 1 is 1.10 bits per heavy atom. The highest BCUT2D eigenvalue weighted by Crippen LogP contribution is 2.27. The van der Waals surface area contributed by atoms with Gasteiger partial charge in [0.05, 0.1) is 0 Å². The van der Waals surface area contributed by atoms with E-state index < -0.39 is 0 Å². The van der Waals surface area contributed by atoms with Crippen molar-refractivity contribution < 1.29 is 0 Å². The highest BCUT2D eigenvalue weighted by atomic mass is 79.9. The first-order valence-electron chi connectivity index (χ1n) is 9.87. The summed E-state index contributed by atoms with van der Waals surface area (Å²) < 4.78 is 1.96. The molecule has 30 heavy (non-hydrogen) atoms. The van der Waals surface area contributed by atoms with E-state index >= 15 is 0 Å². The third kappa shape index (κ3) is 3.36. The molecule has 3 aromatic heterocycles. The first-order chi connectivity index (χ1) is 14.5. The molecule has 0 aromatic carbocycles. The molecule has 2 aliphatic heterocycles. The molecule has 5 heterocycles. The number of aromatic nitrogens is 4. The molecule has 3 aromatic rings. The predicted molar refractivity (Wildman–Crippen MR) is 119 cm³/mol. The molecule has 1 unspecified atom stereocenters. The SMILES string of the molecule is CC1=Cc2ncc(Br)c(=O)n2NC1N1CCc2ncc(-c3ccc(C)nc3)cc2C1. The minimum atomic E-state index is -0.137. The molecule has 2 aliphatic rings. The lowest BCUT2D eigenvalue weighted by Crippen LogP contribution is -2.51. The van der Waals surface area contributed by atoms with Gasteiger partial charge in [0.25, 0.3) is 5.56 Å². The maximum atomic E-state index is 12.5. The summed E-state index contributed by atoms with van der Waals surface area (Å²) in [5.74, 6) is 0.616. The summed E-state index contributed by atoms with van der Waals surface area (Å²) in [5, 5.41) is 0. The Morgan fingerprint density at radius 2 is 1.93 bits per heavy atom. The van der Waals surface area contributed by atoms with Crippen molar-refractivity contribution in [2.45, 2.75) is 33.0 Å². The van der Waals surface area contributed by atoms with E-state index in [1.807, 2.05) is 31.5 Å². The van der Waals surface area contributed by atoms with Gasteiger partial charge in [-0.25, -0.2) is 9.66 Å². The fourth-order valence-electron chi connectivity index (χ4n) is 4.01. The Morgan fingerprint density at radius 3 is 2.73 bits per heavy atom. The van der Waals surface area contributed by atoms with Crippen LogP contribution in [0.25, 0.3) is 17.2 Å². The zero-order valence-electron chi connectivity index (χ0n) is 16.8. The summed E-state index contributed by atoms with van der Waals surface area (Å²) in [6, 6.07) is 6.31. The Balaban J connectivity index is 1.44. The van der Waals surface area contributed by atoms with Gasteiger partial charge in [-0.05, 0) is 59.1 Å². The largest absolute Gasteiger partial charge is 0.300 e. The Bertz CT molecular complexity index is 1220. The van der Waals surface area contributed by atoms with E-state index in [4.69, 9.17) is 4.98 Å². The van der Waals surface area contributed by atoms with Gasteiger partial charge in [-0.3, -0.25) is 25.1 Å². The average Bonchev–Trinajstić information content (AvgIpc) is 2.76. The van der Waals surface area contributed by atoms with Gasteiger partial charge in [0.15, 0.2) is 5.82 Å². The Kier molecular flexibility index (Phi) is 4.75. The van der Waals surface area contributed by atoms with Crippen molar-refractivity contribution in [1.29, 1.82) is 0 Å². The van der Waals surface area contributed by atoms with E-state index in [0.29, 0.717) is 10.3 Å². The van der Waals surface area contributed by atoms with Crippen molar-refractivity contribution >= 4 is 22.0 Å². The number of hydrogen-bond donors (Lipinski definition) is 1. The highest BCUT2D eigenvalue weighted by molar-refractivity contribution is 9.10. The normalized spacial score (nSPS) is 18.2. The standard InChI is InChI=1S/C22H21BrN6O/c1-13-7-20-26-11-18(23)22(30)29(20)27-21(13)28-6-5-19-17(12-28)8-16(10-25-19)15-4-3-14(2)24-9-15/h3-4,7-11,21,27H,5-6,12H2,1-2H3. The minimum absolute atomic E-state index is 0.0795. The van der Waals surface area contributed by atoms with Gasteiger partial charge < -0.3 is 0 Å². The quantitative estimate of drug-likeness (QED) is 0.627. The Hall–Kier alpha value is -2.84. The van der Waals surface area contributed by atoms with Crippen LogP contribution in [0, 0.1) is 6.92 Å². The number of hydrogen-bond acceptors (Lipinski definition) is 6. The zero-order valence-corrected chi connectivity index (χ0v) is 18.3. The highest BCUT2D eigenvalue weighted by Gasteiger charge is 2.29. The monoisotopic (exact) mass is 464 g/mol. The average molecular weight is 465 g/mol. The molecule has 0 spiro atoms. The van der Waals surface area contributed by atoms with Crippen LogP contribution in [0.3, 0.4) is 0 Å². The number of fused-ring (bicyclic) bond motifs is 2. The van der Waals surface area contributed by atoms with E-state index in [1.54, 1.807) is 6.20 Å². The topological polar surface area (TPSA) is 75.9 Å². The van der Waals surface area contributed by atoms with E-state index in [9.17, 15) is 4.79 Å². The molecule has 0 saturated carbocycles. The second kappa shape index (κ2) is 7.45. The third-order valence-corrected chi connectivity index (χ3v) is 6.21. The molecule has 0 fully saturated rings. The molecule has 0 aliphatic carbocycles. The first kappa shape index (κ1) is 19.1. The van der Waals surface area contributed by atoms with Gasteiger partial charge in [0, 0.05) is 60.6 Å². The molecule has 0 amide bonds. The molecular formula is C22H21BrN6O. The molecule has 152 valence electrons. The van der Waals surface area contributed by atoms with Crippen LogP contribution in [0.1, 0.15) is 29.7 Å². The lowest BCUT2D eigenvalue weighted by atomic mass is 9.99. The van der Waals surface area contributed by atoms with Gasteiger partial charge >= 0.3 is 0 Å². The van der Waals surface area contributed by atoms with Crippen LogP contribution in [0.15, 0.2) is 51.6 Å². The fraction of sp³-hybridized carbons (Fsp3) is 0.273. The molecule has 7 nitrogen and oxygen atoms in total. The molecular weight excluding hydrogens is 444 g/mol. The van der Waals surface area contributed by atoms with Gasteiger partial charge in [-0.2, -0.15) is 0 Å². The van der Waals surface area contributed by atoms with Crippen molar-refractivity contribution in [3.8, 4) is 11.1 Å². The molecule has 0 saturated heterocycles. The smallest absolute Gasteiger partial charge is 0.286 e. The van der Waals surface area contributed by atoms with E-state index in [0.717, 1.165) is 47.6 Å².